The fourth-order valence-electron chi connectivity index (χ4n) is 1.60. The summed E-state index contributed by atoms with van der Waals surface area (Å²) in [4.78, 5) is 0. The van der Waals surface area contributed by atoms with Gasteiger partial charge in [0, 0.05) is 12.8 Å². The molecule has 0 aliphatic carbocycles. The monoisotopic (exact) mass is 301 g/mol. The second-order valence-corrected chi connectivity index (χ2v) is 4.79. The molecule has 0 aromatic rings. The van der Waals surface area contributed by atoms with Gasteiger partial charge in [0.25, 0.3) is 0 Å². The molecular weight excluding hydrogens is 285 g/mol. The number of alkyl halides is 5. The van der Waals surface area contributed by atoms with Crippen LogP contribution in [0.4, 0.5) is 34.9 Å². The summed E-state index contributed by atoms with van der Waals surface area (Å²) in [5.74, 6) is -6.56. The number of halogens is 8. The van der Waals surface area contributed by atoms with Gasteiger partial charge in [0.2, 0.25) is 0 Å². The first kappa shape index (κ1) is 18.5. The molecule has 0 spiro atoms. The van der Waals surface area contributed by atoms with Crippen molar-refractivity contribution in [3.8, 4) is 0 Å². The first-order valence-corrected chi connectivity index (χ1v) is 5.74. The average Bonchev–Trinajstić information content (AvgIpc) is 2.64. The van der Waals surface area contributed by atoms with Crippen LogP contribution in [-0.4, -0.2) is 50.1 Å². The Kier molecular flexibility index (Phi) is 5.68. The van der Waals surface area contributed by atoms with Crippen molar-refractivity contribution in [2.75, 3.05) is 26.7 Å². The molecule has 0 amide bonds. The third-order valence-corrected chi connectivity index (χ3v) is 3.20. The van der Waals surface area contributed by atoms with Gasteiger partial charge in [-0.1, -0.05) is 0 Å². The molecule has 1 heterocycles. The maximum atomic E-state index is 11.2. The van der Waals surface area contributed by atoms with E-state index in [1.165, 1.54) is 37.0 Å². The summed E-state index contributed by atoms with van der Waals surface area (Å²) < 4.78 is 89.1. The minimum Gasteiger partial charge on any atom is -0.445 e. The summed E-state index contributed by atoms with van der Waals surface area (Å²) >= 11 is 0. The van der Waals surface area contributed by atoms with Crippen molar-refractivity contribution in [1.82, 2.24) is 0 Å². The Morgan fingerprint density at radius 1 is 0.947 bits per heavy atom. The number of rotatable bonds is 2. The molecule has 1 fully saturated rings. The predicted octanol–water partition coefficient (Wildman–Crippen LogP) is 3.82. The first-order valence-electron chi connectivity index (χ1n) is 5.74. The van der Waals surface area contributed by atoms with Crippen LogP contribution in [0.15, 0.2) is 0 Å². The van der Waals surface area contributed by atoms with E-state index in [2.05, 4.69) is 14.0 Å². The molecule has 1 saturated heterocycles. The number of likely N-dealkylation sites (tertiary alicyclic amines) is 1. The van der Waals surface area contributed by atoms with Crippen molar-refractivity contribution in [1.29, 1.82) is 0 Å². The van der Waals surface area contributed by atoms with Crippen LogP contribution >= 0.6 is 0 Å². The Balaban J connectivity index is 0.000000356. The molecule has 10 heteroatoms. The molecule has 0 saturated carbocycles. The summed E-state index contributed by atoms with van der Waals surface area (Å²) in [6.45, 7) is -0.779. The maximum Gasteiger partial charge on any atom is 0.558 e. The number of quaternary nitrogens is 1. The molecule has 0 radical (unpaired) electrons. The van der Waals surface area contributed by atoms with Crippen LogP contribution in [0.25, 0.3) is 0 Å². The molecule has 0 aromatic heterocycles. The van der Waals surface area contributed by atoms with Crippen molar-refractivity contribution < 1.29 is 39.4 Å². The summed E-state index contributed by atoms with van der Waals surface area (Å²) in [5.41, 5.74) is 0. The van der Waals surface area contributed by atoms with Crippen LogP contribution < -0.4 is 0 Å². The van der Waals surface area contributed by atoms with Crippen LogP contribution in [-0.2, 0) is 0 Å². The minimum atomic E-state index is -7.21. The van der Waals surface area contributed by atoms with Gasteiger partial charge in [-0.05, 0) is 6.92 Å². The van der Waals surface area contributed by atoms with Gasteiger partial charge >= 0.3 is 19.0 Å². The quantitative estimate of drug-likeness (QED) is 0.413. The van der Waals surface area contributed by atoms with Gasteiger partial charge in [0.1, 0.15) is 0 Å². The van der Waals surface area contributed by atoms with Gasteiger partial charge in [-0.3, -0.25) is 0 Å². The maximum absolute atomic E-state index is 11.2. The van der Waals surface area contributed by atoms with Crippen molar-refractivity contribution in [2.24, 2.45) is 0 Å². The molecule has 0 atom stereocenters. The number of hydrogen-bond acceptors (Lipinski definition) is 0. The smallest absolute Gasteiger partial charge is 0.445 e. The third kappa shape index (κ3) is 4.81. The molecule has 19 heavy (non-hydrogen) atoms. The molecular formula is C9H16BF8N. The fraction of sp³-hybridized carbons (Fsp3) is 1.00. The van der Waals surface area contributed by atoms with Crippen LogP contribution in [0.5, 0.6) is 0 Å². The predicted molar refractivity (Wildman–Crippen MR) is 55.8 cm³/mol. The highest BCUT2D eigenvalue weighted by atomic mass is 19.4. The Hall–Kier alpha value is -0.535. The second kappa shape index (κ2) is 5.84. The van der Waals surface area contributed by atoms with E-state index >= 15 is 0 Å². The highest BCUT2D eigenvalue weighted by Crippen LogP contribution is 2.43. The highest BCUT2D eigenvalue weighted by molar-refractivity contribution is 6.61. The Labute approximate surface area is 106 Å². The van der Waals surface area contributed by atoms with E-state index in [1.807, 2.05) is 0 Å². The van der Waals surface area contributed by atoms with E-state index in [0.717, 1.165) is 0 Å². The van der Waals surface area contributed by atoms with Crippen molar-refractivity contribution in [2.45, 2.75) is 31.8 Å². The average molecular weight is 301 g/mol. The number of nitrogens with zero attached hydrogens (tertiary/aromatic N) is 1. The lowest BCUT2D eigenvalue weighted by Crippen LogP contribution is -2.53. The summed E-state index contributed by atoms with van der Waals surface area (Å²) in [6, 6.07) is 0. The Bertz CT molecular complexity index is 263. The lowest BCUT2D eigenvalue weighted by atomic mass is 9.80. The van der Waals surface area contributed by atoms with E-state index in [9.17, 15) is 34.9 Å². The van der Waals surface area contributed by atoms with E-state index in [-0.39, 0.29) is 0 Å². The fourth-order valence-corrected chi connectivity index (χ4v) is 1.60. The summed E-state index contributed by atoms with van der Waals surface area (Å²) in [5, 5.41) is 0. The Morgan fingerprint density at radius 2 is 1.32 bits per heavy atom. The van der Waals surface area contributed by atoms with Crippen molar-refractivity contribution in [3.05, 3.63) is 0 Å². The molecule has 0 N–H and O–H groups in total. The molecule has 0 bridgehead atoms. The minimum absolute atomic E-state index is 1.32. The molecule has 0 unspecified atom stereocenters. The molecule has 1 rings (SSSR count). The van der Waals surface area contributed by atoms with E-state index in [1.54, 1.807) is 0 Å². The van der Waals surface area contributed by atoms with E-state index < -0.39 is 19.0 Å². The van der Waals surface area contributed by atoms with E-state index in [4.69, 9.17) is 0 Å². The lowest BCUT2D eigenvalue weighted by molar-refractivity contribution is -0.895. The summed E-state index contributed by atoms with van der Waals surface area (Å²) in [6.07, 6.45) is -3.65. The molecule has 1 nitrogen and oxygen atoms in total. The Morgan fingerprint density at radius 3 is 1.42 bits per heavy atom. The SMILES string of the molecule is CC[N+]1(C)CCCC1.F[B-](F)(F)C(F)(F)C(F)(F)F. The van der Waals surface area contributed by atoms with Gasteiger partial charge in [-0.15, -0.1) is 0 Å². The first-order chi connectivity index (χ1) is 8.27. The second-order valence-electron chi connectivity index (χ2n) is 4.79. The van der Waals surface area contributed by atoms with E-state index in [0.29, 0.717) is 0 Å². The summed E-state index contributed by atoms with van der Waals surface area (Å²) in [7, 11) is 2.35. The zero-order valence-corrected chi connectivity index (χ0v) is 10.6. The van der Waals surface area contributed by atoms with Crippen LogP contribution in [0.1, 0.15) is 19.8 Å². The van der Waals surface area contributed by atoms with Crippen LogP contribution in [0, 0.1) is 0 Å². The lowest BCUT2D eigenvalue weighted by Gasteiger charge is -2.28. The standard InChI is InChI=1S/C7H16N.C2BF8/c1-3-8(2)6-4-5-7-8;4-1(5,2(6,7)8)3(9,10)11/h3-7H2,1-2H3;/q+1;-1. The third-order valence-electron chi connectivity index (χ3n) is 3.20. The molecule has 0 aromatic carbocycles. The normalized spacial score (nSPS) is 19.9. The van der Waals surface area contributed by atoms with Gasteiger partial charge in [0.15, 0.2) is 0 Å². The van der Waals surface area contributed by atoms with Gasteiger partial charge in [-0.2, -0.15) is 13.2 Å². The zero-order valence-electron chi connectivity index (χ0n) is 10.6. The zero-order chi connectivity index (χ0) is 15.5. The molecule has 116 valence electrons. The topological polar surface area (TPSA) is 0 Å². The van der Waals surface area contributed by atoms with Crippen LogP contribution in [0.3, 0.4) is 0 Å². The van der Waals surface area contributed by atoms with Gasteiger partial charge in [-0.25, -0.2) is 8.78 Å². The van der Waals surface area contributed by atoms with Crippen molar-refractivity contribution >= 4 is 6.98 Å². The largest absolute Gasteiger partial charge is 0.558 e. The molecule has 1 aliphatic heterocycles. The van der Waals surface area contributed by atoms with Gasteiger partial charge < -0.3 is 17.4 Å². The van der Waals surface area contributed by atoms with Crippen molar-refractivity contribution in [3.63, 3.8) is 0 Å². The molecule has 1 aliphatic rings. The van der Waals surface area contributed by atoms with Crippen LogP contribution in [0.2, 0.25) is 0 Å². The van der Waals surface area contributed by atoms with Gasteiger partial charge in [0.05, 0.1) is 26.7 Å². The number of hydrogen-bond donors (Lipinski definition) is 0. The highest BCUT2D eigenvalue weighted by Gasteiger charge is 2.69.